The zero-order chi connectivity index (χ0) is 16.3. The Labute approximate surface area is 124 Å². The van der Waals surface area contributed by atoms with Gasteiger partial charge in [-0.05, 0) is 26.0 Å². The summed E-state index contributed by atoms with van der Waals surface area (Å²) < 4.78 is 4.91. The summed E-state index contributed by atoms with van der Waals surface area (Å²) in [5.74, 6) is 0.0721. The van der Waals surface area contributed by atoms with Gasteiger partial charge in [0.05, 0.1) is 16.3 Å². The minimum absolute atomic E-state index is 0.0388. The molecule has 1 aromatic heterocycles. The number of anilines is 1. The Kier molecular flexibility index (Phi) is 4.21. The number of nitrogens with one attached hydrogen (secondary N) is 1. The molecule has 0 fully saturated rings. The van der Waals surface area contributed by atoms with Crippen molar-refractivity contribution in [2.45, 2.75) is 13.8 Å². The van der Waals surface area contributed by atoms with Crippen LogP contribution in [0.4, 0.5) is 11.4 Å². The standard InChI is InChI=1S/C14H13N3O5/c1-8-7-12(18)13(14(19)22-8)9(2)15-16-10-3-5-11(6-4-10)17(20)21/h3-7,16,18H,1-2H3/b15-9+. The van der Waals surface area contributed by atoms with Crippen molar-refractivity contribution >= 4 is 17.1 Å². The topological polar surface area (TPSA) is 118 Å². The predicted molar refractivity (Wildman–Crippen MR) is 80.3 cm³/mol. The number of hydrazone groups is 1. The lowest BCUT2D eigenvalue weighted by atomic mass is 10.2. The van der Waals surface area contributed by atoms with Gasteiger partial charge in [0.25, 0.3) is 5.69 Å². The fraction of sp³-hybridized carbons (Fsp3) is 0.143. The summed E-state index contributed by atoms with van der Waals surface area (Å²) >= 11 is 0. The van der Waals surface area contributed by atoms with E-state index >= 15 is 0 Å². The Morgan fingerprint density at radius 1 is 1.36 bits per heavy atom. The summed E-state index contributed by atoms with van der Waals surface area (Å²) in [5.41, 5.74) is 2.61. The largest absolute Gasteiger partial charge is 0.507 e. The van der Waals surface area contributed by atoms with Gasteiger partial charge in [-0.15, -0.1) is 0 Å². The lowest BCUT2D eigenvalue weighted by Gasteiger charge is -2.05. The van der Waals surface area contributed by atoms with E-state index in [2.05, 4.69) is 10.5 Å². The molecule has 114 valence electrons. The van der Waals surface area contributed by atoms with Crippen LogP contribution in [0.25, 0.3) is 0 Å². The number of rotatable bonds is 4. The first kappa shape index (κ1) is 15.2. The molecule has 0 atom stereocenters. The van der Waals surface area contributed by atoms with Gasteiger partial charge in [-0.1, -0.05) is 0 Å². The van der Waals surface area contributed by atoms with Crippen molar-refractivity contribution in [2.75, 3.05) is 5.43 Å². The van der Waals surface area contributed by atoms with Gasteiger partial charge in [0, 0.05) is 18.2 Å². The molecule has 2 aromatic rings. The van der Waals surface area contributed by atoms with Gasteiger partial charge < -0.3 is 9.52 Å². The maximum Gasteiger partial charge on any atom is 0.348 e. The number of nitro benzene ring substituents is 1. The quantitative estimate of drug-likeness (QED) is 0.508. The first-order valence-electron chi connectivity index (χ1n) is 6.27. The molecule has 0 amide bonds. The van der Waals surface area contributed by atoms with E-state index in [0.29, 0.717) is 11.4 Å². The van der Waals surface area contributed by atoms with Crippen LogP contribution in [-0.4, -0.2) is 15.7 Å². The molecule has 1 aromatic carbocycles. The molecule has 0 aliphatic heterocycles. The van der Waals surface area contributed by atoms with E-state index in [1.165, 1.54) is 37.3 Å². The number of hydrogen-bond acceptors (Lipinski definition) is 7. The minimum atomic E-state index is -0.691. The summed E-state index contributed by atoms with van der Waals surface area (Å²) in [4.78, 5) is 21.8. The lowest BCUT2D eigenvalue weighted by molar-refractivity contribution is -0.384. The van der Waals surface area contributed by atoms with Crippen molar-refractivity contribution in [3.63, 3.8) is 0 Å². The van der Waals surface area contributed by atoms with Crippen LogP contribution < -0.4 is 11.1 Å². The molecule has 0 aliphatic carbocycles. The summed E-state index contributed by atoms with van der Waals surface area (Å²) in [5, 5.41) is 24.3. The highest BCUT2D eigenvalue weighted by Crippen LogP contribution is 2.17. The van der Waals surface area contributed by atoms with E-state index in [9.17, 15) is 20.0 Å². The van der Waals surface area contributed by atoms with Crippen LogP contribution in [0, 0.1) is 17.0 Å². The van der Waals surface area contributed by atoms with E-state index in [-0.39, 0.29) is 22.7 Å². The van der Waals surface area contributed by atoms with Crippen LogP contribution in [0.1, 0.15) is 18.2 Å². The van der Waals surface area contributed by atoms with Gasteiger partial charge >= 0.3 is 5.63 Å². The second-order valence-corrected chi connectivity index (χ2v) is 4.52. The molecule has 0 saturated carbocycles. The summed E-state index contributed by atoms with van der Waals surface area (Å²) in [6.07, 6.45) is 0. The van der Waals surface area contributed by atoms with Crippen molar-refractivity contribution in [1.29, 1.82) is 0 Å². The molecule has 0 unspecified atom stereocenters. The number of aromatic hydroxyl groups is 1. The van der Waals surface area contributed by atoms with E-state index in [4.69, 9.17) is 4.42 Å². The Hall–Kier alpha value is -3.16. The third-order valence-corrected chi connectivity index (χ3v) is 2.85. The molecule has 0 aliphatic rings. The number of nitro groups is 1. The number of aryl methyl sites for hydroxylation is 1. The number of hydrogen-bond donors (Lipinski definition) is 2. The average Bonchev–Trinajstić information content (AvgIpc) is 2.44. The second kappa shape index (κ2) is 6.08. The Bertz CT molecular complexity index is 793. The van der Waals surface area contributed by atoms with Gasteiger partial charge in [-0.2, -0.15) is 5.10 Å². The average molecular weight is 303 g/mol. The second-order valence-electron chi connectivity index (χ2n) is 4.52. The molecule has 2 rings (SSSR count). The molecule has 0 spiro atoms. The van der Waals surface area contributed by atoms with Crippen LogP contribution >= 0.6 is 0 Å². The Morgan fingerprint density at radius 3 is 2.55 bits per heavy atom. The van der Waals surface area contributed by atoms with E-state index in [1.807, 2.05) is 0 Å². The monoisotopic (exact) mass is 303 g/mol. The fourth-order valence-corrected chi connectivity index (χ4v) is 1.79. The summed E-state index contributed by atoms with van der Waals surface area (Å²) in [6, 6.07) is 6.93. The number of benzene rings is 1. The van der Waals surface area contributed by atoms with Crippen LogP contribution in [0.15, 0.2) is 44.6 Å². The van der Waals surface area contributed by atoms with Crippen molar-refractivity contribution in [1.82, 2.24) is 0 Å². The molecule has 22 heavy (non-hydrogen) atoms. The number of non-ortho nitro benzene ring substituents is 1. The van der Waals surface area contributed by atoms with Crippen LogP contribution in [-0.2, 0) is 0 Å². The molecule has 8 nitrogen and oxygen atoms in total. The van der Waals surface area contributed by atoms with Crippen molar-refractivity contribution in [2.24, 2.45) is 5.10 Å². The maximum absolute atomic E-state index is 11.7. The van der Waals surface area contributed by atoms with E-state index < -0.39 is 10.5 Å². The van der Waals surface area contributed by atoms with Gasteiger partial charge in [-0.3, -0.25) is 15.5 Å². The van der Waals surface area contributed by atoms with Crippen LogP contribution in [0.5, 0.6) is 5.75 Å². The van der Waals surface area contributed by atoms with Gasteiger partial charge in [0.2, 0.25) is 0 Å². The first-order valence-corrected chi connectivity index (χ1v) is 6.27. The molecule has 0 bridgehead atoms. The molecular formula is C14H13N3O5. The van der Waals surface area contributed by atoms with E-state index in [1.54, 1.807) is 6.92 Å². The highest BCUT2D eigenvalue weighted by Gasteiger charge is 2.13. The van der Waals surface area contributed by atoms with Crippen LogP contribution in [0.3, 0.4) is 0 Å². The SMILES string of the molecule is C/C(=N\Nc1ccc([N+](=O)[O-])cc1)c1c(O)cc(C)oc1=O. The van der Waals surface area contributed by atoms with E-state index in [0.717, 1.165) is 0 Å². The zero-order valence-corrected chi connectivity index (χ0v) is 11.9. The van der Waals surface area contributed by atoms with Crippen molar-refractivity contribution < 1.29 is 14.4 Å². The summed E-state index contributed by atoms with van der Waals surface area (Å²) in [7, 11) is 0. The van der Waals surface area contributed by atoms with Crippen molar-refractivity contribution in [3.8, 4) is 5.75 Å². The lowest BCUT2D eigenvalue weighted by Crippen LogP contribution is -2.14. The Morgan fingerprint density at radius 2 is 2.00 bits per heavy atom. The third kappa shape index (κ3) is 3.29. The smallest absolute Gasteiger partial charge is 0.348 e. The zero-order valence-electron chi connectivity index (χ0n) is 11.9. The highest BCUT2D eigenvalue weighted by molar-refractivity contribution is 6.00. The summed E-state index contributed by atoms with van der Waals surface area (Å²) in [6.45, 7) is 3.08. The minimum Gasteiger partial charge on any atom is -0.507 e. The third-order valence-electron chi connectivity index (χ3n) is 2.85. The van der Waals surface area contributed by atoms with Gasteiger partial charge in [0.15, 0.2) is 0 Å². The molecular weight excluding hydrogens is 290 g/mol. The fourth-order valence-electron chi connectivity index (χ4n) is 1.79. The molecule has 8 heteroatoms. The Balaban J connectivity index is 2.23. The van der Waals surface area contributed by atoms with Crippen LogP contribution in [0.2, 0.25) is 0 Å². The number of nitrogens with zero attached hydrogens (tertiary/aromatic N) is 2. The molecule has 0 radical (unpaired) electrons. The predicted octanol–water partition coefficient (Wildman–Crippen LogP) is 2.40. The van der Waals surface area contributed by atoms with Gasteiger partial charge in [0.1, 0.15) is 17.1 Å². The normalized spacial score (nSPS) is 11.3. The molecule has 1 heterocycles. The maximum atomic E-state index is 11.7. The van der Waals surface area contributed by atoms with Gasteiger partial charge in [-0.25, -0.2) is 4.79 Å². The molecule has 2 N–H and O–H groups in total. The first-order chi connectivity index (χ1) is 10.4. The highest BCUT2D eigenvalue weighted by atomic mass is 16.6. The van der Waals surface area contributed by atoms with Crippen molar-refractivity contribution in [3.05, 3.63) is 62.2 Å². The molecule has 0 saturated heterocycles.